The van der Waals surface area contributed by atoms with Crippen molar-refractivity contribution < 1.29 is 14.3 Å². The van der Waals surface area contributed by atoms with Gasteiger partial charge >= 0.3 is 5.97 Å². The lowest BCUT2D eigenvalue weighted by Crippen LogP contribution is -2.46. The molecule has 4 nitrogen and oxygen atoms in total. The van der Waals surface area contributed by atoms with Gasteiger partial charge in [-0.1, -0.05) is 97.9 Å². The van der Waals surface area contributed by atoms with Gasteiger partial charge in [-0.3, -0.25) is 4.79 Å². The quantitative estimate of drug-likeness (QED) is 0.616. The van der Waals surface area contributed by atoms with Gasteiger partial charge in [-0.05, 0) is 16.7 Å². The Balaban J connectivity index is 1.92. The average molecular weight is 387 g/mol. The molecule has 0 aliphatic rings. The topological polar surface area (TPSA) is 55.4 Å². The highest BCUT2D eigenvalue weighted by Crippen LogP contribution is 2.26. The van der Waals surface area contributed by atoms with E-state index in [0.29, 0.717) is 0 Å². The lowest BCUT2D eigenvalue weighted by atomic mass is 9.88. The minimum Gasteiger partial charge on any atom is -0.467 e. The molecule has 3 rings (SSSR count). The van der Waals surface area contributed by atoms with Crippen LogP contribution in [0.4, 0.5) is 0 Å². The minimum atomic E-state index is -0.787. The fraction of sp³-hybridized carbons (Fsp3) is 0.200. The first-order valence-corrected chi connectivity index (χ1v) is 9.65. The third kappa shape index (κ3) is 4.91. The Hall–Kier alpha value is -3.40. The van der Waals surface area contributed by atoms with Crippen LogP contribution in [0.5, 0.6) is 0 Å². The monoisotopic (exact) mass is 387 g/mol. The molecule has 3 aromatic carbocycles. The van der Waals surface area contributed by atoms with E-state index in [1.807, 2.05) is 97.9 Å². The summed E-state index contributed by atoms with van der Waals surface area (Å²) in [5.41, 5.74) is 2.69. The lowest BCUT2D eigenvalue weighted by Gasteiger charge is -2.26. The zero-order chi connectivity index (χ0) is 20.6. The molecule has 0 aliphatic carbocycles. The van der Waals surface area contributed by atoms with Crippen molar-refractivity contribution >= 4 is 11.9 Å². The van der Waals surface area contributed by atoms with E-state index in [-0.39, 0.29) is 11.8 Å². The van der Waals surface area contributed by atoms with E-state index in [2.05, 4.69) is 5.32 Å². The van der Waals surface area contributed by atoms with Crippen molar-refractivity contribution in [2.75, 3.05) is 7.11 Å². The molecule has 0 fully saturated rings. The van der Waals surface area contributed by atoms with Crippen LogP contribution in [-0.4, -0.2) is 25.0 Å². The largest absolute Gasteiger partial charge is 0.467 e. The number of carbonyl (C=O) groups excluding carboxylic acids is 2. The smallest absolute Gasteiger partial charge is 0.328 e. The highest BCUT2D eigenvalue weighted by Gasteiger charge is 2.32. The van der Waals surface area contributed by atoms with Crippen LogP contribution in [0.1, 0.15) is 35.4 Å². The summed E-state index contributed by atoms with van der Waals surface area (Å²) in [6.45, 7) is 1.91. The summed E-state index contributed by atoms with van der Waals surface area (Å²) < 4.78 is 4.99. The van der Waals surface area contributed by atoms with Gasteiger partial charge in [-0.2, -0.15) is 0 Å². The summed E-state index contributed by atoms with van der Waals surface area (Å²) in [5.74, 6) is -1.46. The van der Waals surface area contributed by atoms with E-state index >= 15 is 0 Å². The summed E-state index contributed by atoms with van der Waals surface area (Å²) in [7, 11) is 1.34. The fourth-order valence-electron chi connectivity index (χ4n) is 3.49. The second-order valence-corrected chi connectivity index (χ2v) is 6.96. The molecule has 0 saturated carbocycles. The first-order valence-electron chi connectivity index (χ1n) is 9.65. The zero-order valence-corrected chi connectivity index (χ0v) is 16.6. The van der Waals surface area contributed by atoms with Crippen molar-refractivity contribution in [2.45, 2.75) is 24.8 Å². The van der Waals surface area contributed by atoms with Crippen molar-refractivity contribution in [3.05, 3.63) is 108 Å². The van der Waals surface area contributed by atoms with Crippen molar-refractivity contribution in [1.82, 2.24) is 5.32 Å². The lowest BCUT2D eigenvalue weighted by molar-refractivity contribution is -0.145. The molecule has 29 heavy (non-hydrogen) atoms. The third-order valence-corrected chi connectivity index (χ3v) is 5.11. The molecule has 2 unspecified atom stereocenters. The molecule has 3 aromatic rings. The van der Waals surface area contributed by atoms with Gasteiger partial charge < -0.3 is 10.1 Å². The number of nitrogens with one attached hydrogen (secondary N) is 1. The highest BCUT2D eigenvalue weighted by molar-refractivity contribution is 5.91. The van der Waals surface area contributed by atoms with Crippen molar-refractivity contribution in [1.29, 1.82) is 0 Å². The van der Waals surface area contributed by atoms with Crippen LogP contribution in [0.25, 0.3) is 0 Å². The van der Waals surface area contributed by atoms with E-state index in [0.717, 1.165) is 16.7 Å². The maximum absolute atomic E-state index is 13.4. The molecule has 0 bridgehead atoms. The summed E-state index contributed by atoms with van der Waals surface area (Å²) >= 11 is 0. The number of carbonyl (C=O) groups is 2. The summed E-state index contributed by atoms with van der Waals surface area (Å²) in [4.78, 5) is 25.9. The van der Waals surface area contributed by atoms with Gasteiger partial charge in [-0.15, -0.1) is 0 Å². The predicted octanol–water partition coefficient (Wildman–Crippen LogP) is 4.28. The molecule has 0 saturated heterocycles. The van der Waals surface area contributed by atoms with Crippen molar-refractivity contribution in [3.63, 3.8) is 0 Å². The molecule has 0 radical (unpaired) electrons. The van der Waals surface area contributed by atoms with E-state index in [9.17, 15) is 9.59 Å². The second-order valence-electron chi connectivity index (χ2n) is 6.96. The van der Waals surface area contributed by atoms with Crippen molar-refractivity contribution in [2.24, 2.45) is 0 Å². The van der Waals surface area contributed by atoms with Crippen LogP contribution in [0.15, 0.2) is 91.0 Å². The Labute approximate surface area is 171 Å². The Morgan fingerprint density at radius 1 is 0.724 bits per heavy atom. The van der Waals surface area contributed by atoms with Gasteiger partial charge in [0.15, 0.2) is 0 Å². The first kappa shape index (κ1) is 20.3. The Bertz CT molecular complexity index is 887. The number of hydrogen-bond donors (Lipinski definition) is 1. The predicted molar refractivity (Wildman–Crippen MR) is 114 cm³/mol. The first-order chi connectivity index (χ1) is 14.1. The van der Waals surface area contributed by atoms with Crippen LogP contribution in [0.3, 0.4) is 0 Å². The molecule has 0 aromatic heterocycles. The van der Waals surface area contributed by atoms with Gasteiger partial charge in [0.1, 0.15) is 6.04 Å². The van der Waals surface area contributed by atoms with Crippen LogP contribution >= 0.6 is 0 Å². The number of ether oxygens (including phenoxy) is 1. The SMILES string of the molecule is COC(=O)C(NC(=O)C(c1ccccc1)c1ccccc1)C(C)c1ccccc1. The fourth-order valence-corrected chi connectivity index (χ4v) is 3.49. The van der Waals surface area contributed by atoms with Gasteiger partial charge in [-0.25, -0.2) is 4.79 Å². The van der Waals surface area contributed by atoms with Crippen LogP contribution in [-0.2, 0) is 14.3 Å². The highest BCUT2D eigenvalue weighted by atomic mass is 16.5. The molecule has 0 spiro atoms. The summed E-state index contributed by atoms with van der Waals surface area (Å²) in [6, 6.07) is 28.0. The molecule has 0 heterocycles. The van der Waals surface area contributed by atoms with E-state index in [4.69, 9.17) is 4.74 Å². The van der Waals surface area contributed by atoms with Crippen LogP contribution < -0.4 is 5.32 Å². The number of benzene rings is 3. The minimum absolute atomic E-state index is 0.236. The number of hydrogen-bond acceptors (Lipinski definition) is 3. The van der Waals surface area contributed by atoms with Crippen molar-refractivity contribution in [3.8, 4) is 0 Å². The van der Waals surface area contributed by atoms with Gasteiger partial charge in [0.25, 0.3) is 0 Å². The maximum atomic E-state index is 13.4. The molecule has 2 atom stereocenters. The van der Waals surface area contributed by atoms with E-state index in [1.165, 1.54) is 7.11 Å². The van der Waals surface area contributed by atoms with Gasteiger partial charge in [0, 0.05) is 5.92 Å². The number of amides is 1. The molecule has 4 heteroatoms. The second kappa shape index (κ2) is 9.69. The Morgan fingerprint density at radius 3 is 1.55 bits per heavy atom. The maximum Gasteiger partial charge on any atom is 0.328 e. The number of esters is 1. The van der Waals surface area contributed by atoms with Gasteiger partial charge in [0.05, 0.1) is 13.0 Å². The standard InChI is InChI=1S/C25H25NO3/c1-18(19-12-6-3-7-13-19)23(25(28)29-2)26-24(27)22(20-14-8-4-9-15-20)21-16-10-5-11-17-21/h3-18,22-23H,1-2H3,(H,26,27). The van der Waals surface area contributed by atoms with E-state index < -0.39 is 17.9 Å². The Morgan fingerprint density at radius 2 is 1.14 bits per heavy atom. The Kier molecular flexibility index (Phi) is 6.80. The average Bonchev–Trinajstić information content (AvgIpc) is 2.78. The molecular formula is C25H25NO3. The third-order valence-electron chi connectivity index (χ3n) is 5.11. The molecular weight excluding hydrogens is 362 g/mol. The zero-order valence-electron chi connectivity index (χ0n) is 16.6. The molecule has 1 amide bonds. The van der Waals surface area contributed by atoms with Crippen LogP contribution in [0, 0.1) is 0 Å². The summed E-state index contributed by atoms with van der Waals surface area (Å²) in [5, 5.41) is 2.95. The normalized spacial score (nSPS) is 12.8. The molecule has 0 aliphatic heterocycles. The number of methoxy groups -OCH3 is 1. The van der Waals surface area contributed by atoms with Gasteiger partial charge in [0.2, 0.25) is 5.91 Å². The van der Waals surface area contributed by atoms with Crippen LogP contribution in [0.2, 0.25) is 0 Å². The molecule has 1 N–H and O–H groups in total. The summed E-state index contributed by atoms with van der Waals surface area (Å²) in [6.07, 6.45) is 0. The van der Waals surface area contributed by atoms with E-state index in [1.54, 1.807) is 0 Å². The molecule has 148 valence electrons. The number of rotatable bonds is 7.